The largest absolute Gasteiger partial charge is 0.467 e. The lowest BCUT2D eigenvalue weighted by atomic mass is 10.1. The molecule has 2 rings (SSSR count). The number of hydrogen-bond acceptors (Lipinski definition) is 5. The number of aliphatic hydroxyl groups is 1. The summed E-state index contributed by atoms with van der Waals surface area (Å²) in [5, 5.41) is 13.7. The number of rotatable bonds is 5. The van der Waals surface area contributed by atoms with Crippen molar-refractivity contribution in [2.75, 3.05) is 0 Å². The van der Waals surface area contributed by atoms with Gasteiger partial charge in [0.15, 0.2) is 0 Å². The summed E-state index contributed by atoms with van der Waals surface area (Å²) < 4.78 is 5.14. The van der Waals surface area contributed by atoms with Crippen molar-refractivity contribution in [3.05, 3.63) is 39.7 Å². The van der Waals surface area contributed by atoms with Crippen molar-refractivity contribution < 1.29 is 14.3 Å². The Morgan fingerprint density at radius 1 is 1.55 bits per heavy atom. The van der Waals surface area contributed by atoms with Crippen LogP contribution >= 0.6 is 11.3 Å². The van der Waals surface area contributed by atoms with Crippen LogP contribution in [0.5, 0.6) is 0 Å². The smallest absolute Gasteiger partial charge is 0.263 e. The van der Waals surface area contributed by atoms with Gasteiger partial charge >= 0.3 is 0 Å². The SMILES string of the molecule is Cc1nc(C)c(C(=O)NC(C)CC(O)c2ccco2)s1. The molecule has 1 amide bonds. The minimum Gasteiger partial charge on any atom is -0.467 e. The summed E-state index contributed by atoms with van der Waals surface area (Å²) in [6.45, 7) is 5.55. The zero-order valence-corrected chi connectivity index (χ0v) is 12.5. The molecule has 2 unspecified atom stereocenters. The second-order valence-corrected chi connectivity index (χ2v) is 5.99. The van der Waals surface area contributed by atoms with E-state index in [2.05, 4.69) is 10.3 Å². The van der Waals surface area contributed by atoms with Crippen molar-refractivity contribution in [3.8, 4) is 0 Å². The molecule has 0 saturated heterocycles. The van der Waals surface area contributed by atoms with Crippen LogP contribution in [0.3, 0.4) is 0 Å². The molecule has 108 valence electrons. The van der Waals surface area contributed by atoms with E-state index in [9.17, 15) is 9.90 Å². The average Bonchev–Trinajstić information content (AvgIpc) is 2.98. The van der Waals surface area contributed by atoms with Gasteiger partial charge in [-0.15, -0.1) is 11.3 Å². The lowest BCUT2D eigenvalue weighted by molar-refractivity contribution is 0.0906. The number of hydrogen-bond donors (Lipinski definition) is 2. The van der Waals surface area contributed by atoms with Crippen molar-refractivity contribution in [2.45, 2.75) is 39.3 Å². The molecule has 0 aliphatic rings. The first kappa shape index (κ1) is 14.7. The van der Waals surface area contributed by atoms with E-state index in [-0.39, 0.29) is 11.9 Å². The van der Waals surface area contributed by atoms with Gasteiger partial charge in [-0.3, -0.25) is 4.79 Å². The summed E-state index contributed by atoms with van der Waals surface area (Å²) in [4.78, 5) is 17.0. The van der Waals surface area contributed by atoms with Crippen molar-refractivity contribution >= 4 is 17.2 Å². The van der Waals surface area contributed by atoms with Gasteiger partial charge in [0, 0.05) is 12.5 Å². The Kier molecular flexibility index (Phi) is 4.57. The summed E-state index contributed by atoms with van der Waals surface area (Å²) in [6.07, 6.45) is 1.20. The van der Waals surface area contributed by atoms with Gasteiger partial charge in [0.1, 0.15) is 16.7 Å². The fourth-order valence-corrected chi connectivity index (χ4v) is 2.85. The van der Waals surface area contributed by atoms with Crippen LogP contribution in [-0.4, -0.2) is 22.0 Å². The number of nitrogens with zero attached hydrogens (tertiary/aromatic N) is 1. The highest BCUT2D eigenvalue weighted by molar-refractivity contribution is 7.13. The molecule has 2 heterocycles. The topological polar surface area (TPSA) is 75.4 Å². The number of thiazole rings is 1. The number of amides is 1. The second kappa shape index (κ2) is 6.19. The Morgan fingerprint density at radius 2 is 2.30 bits per heavy atom. The predicted octanol–water partition coefficient (Wildman–Crippen LogP) is 2.59. The Balaban J connectivity index is 1.93. The van der Waals surface area contributed by atoms with Gasteiger partial charge in [0.05, 0.1) is 17.0 Å². The summed E-state index contributed by atoms with van der Waals surface area (Å²) in [5.74, 6) is 0.364. The second-order valence-electron chi connectivity index (χ2n) is 4.79. The lowest BCUT2D eigenvalue weighted by Crippen LogP contribution is -2.33. The molecule has 2 aromatic heterocycles. The first-order chi connectivity index (χ1) is 9.47. The molecule has 0 aliphatic heterocycles. The number of carbonyl (C=O) groups excluding carboxylic acids is 1. The van der Waals surface area contributed by atoms with Crippen molar-refractivity contribution in [1.82, 2.24) is 10.3 Å². The molecule has 0 fully saturated rings. The zero-order chi connectivity index (χ0) is 14.7. The maximum Gasteiger partial charge on any atom is 0.263 e. The zero-order valence-electron chi connectivity index (χ0n) is 11.7. The van der Waals surface area contributed by atoms with Crippen LogP contribution in [0, 0.1) is 13.8 Å². The van der Waals surface area contributed by atoms with Crippen molar-refractivity contribution in [3.63, 3.8) is 0 Å². The fraction of sp³-hybridized carbons (Fsp3) is 0.429. The van der Waals surface area contributed by atoms with Gasteiger partial charge in [-0.1, -0.05) is 0 Å². The van der Waals surface area contributed by atoms with Crippen LogP contribution in [-0.2, 0) is 0 Å². The molecule has 6 heteroatoms. The summed E-state index contributed by atoms with van der Waals surface area (Å²) >= 11 is 1.38. The normalized spacial score (nSPS) is 14.0. The fourth-order valence-electron chi connectivity index (χ4n) is 2.02. The van der Waals surface area contributed by atoms with E-state index in [0.29, 0.717) is 17.1 Å². The first-order valence-electron chi connectivity index (χ1n) is 6.43. The molecule has 0 bridgehead atoms. The average molecular weight is 294 g/mol. The molecule has 20 heavy (non-hydrogen) atoms. The third-order valence-corrected chi connectivity index (χ3v) is 4.01. The number of furan rings is 1. The molecule has 2 N–H and O–H groups in total. The molecule has 0 saturated carbocycles. The molecular formula is C14H18N2O3S. The highest BCUT2D eigenvalue weighted by atomic mass is 32.1. The van der Waals surface area contributed by atoms with Crippen LogP contribution < -0.4 is 5.32 Å². The third-order valence-electron chi connectivity index (χ3n) is 2.94. The van der Waals surface area contributed by atoms with E-state index < -0.39 is 6.10 Å². The molecule has 2 aromatic rings. The van der Waals surface area contributed by atoms with Gasteiger partial charge in [-0.25, -0.2) is 4.98 Å². The van der Waals surface area contributed by atoms with E-state index in [0.717, 1.165) is 10.7 Å². The van der Waals surface area contributed by atoms with Crippen molar-refractivity contribution in [1.29, 1.82) is 0 Å². The highest BCUT2D eigenvalue weighted by Crippen LogP contribution is 2.20. The number of aliphatic hydroxyl groups excluding tert-OH is 1. The summed E-state index contributed by atoms with van der Waals surface area (Å²) in [5.41, 5.74) is 0.740. The molecule has 0 spiro atoms. The van der Waals surface area contributed by atoms with Crippen LogP contribution in [0.2, 0.25) is 0 Å². The summed E-state index contributed by atoms with van der Waals surface area (Å²) in [6, 6.07) is 3.28. The molecule has 2 atom stereocenters. The maximum atomic E-state index is 12.1. The van der Waals surface area contributed by atoms with E-state index in [1.807, 2.05) is 20.8 Å². The van der Waals surface area contributed by atoms with Crippen LogP contribution in [0.1, 0.15) is 45.6 Å². The predicted molar refractivity (Wildman–Crippen MR) is 76.8 cm³/mol. The molecule has 0 radical (unpaired) electrons. The van der Waals surface area contributed by atoms with Crippen molar-refractivity contribution in [2.24, 2.45) is 0 Å². The van der Waals surface area contributed by atoms with Gasteiger partial charge < -0.3 is 14.8 Å². The quantitative estimate of drug-likeness (QED) is 0.888. The Labute approximate surface area is 121 Å². The van der Waals surface area contributed by atoms with Crippen LogP contribution in [0.15, 0.2) is 22.8 Å². The summed E-state index contributed by atoms with van der Waals surface area (Å²) in [7, 11) is 0. The van der Waals surface area contributed by atoms with Crippen LogP contribution in [0.25, 0.3) is 0 Å². The number of carbonyl (C=O) groups is 1. The van der Waals surface area contributed by atoms with E-state index in [1.165, 1.54) is 17.6 Å². The number of aromatic nitrogens is 1. The lowest BCUT2D eigenvalue weighted by Gasteiger charge is -2.16. The Bertz CT molecular complexity index is 577. The molecule has 0 aliphatic carbocycles. The van der Waals surface area contributed by atoms with Gasteiger partial charge in [-0.2, -0.15) is 0 Å². The van der Waals surface area contributed by atoms with Gasteiger partial charge in [0.2, 0.25) is 0 Å². The highest BCUT2D eigenvalue weighted by Gasteiger charge is 2.19. The molecular weight excluding hydrogens is 276 g/mol. The van der Waals surface area contributed by atoms with Crippen LogP contribution in [0.4, 0.5) is 0 Å². The van der Waals surface area contributed by atoms with Gasteiger partial charge in [-0.05, 0) is 32.9 Å². The standard InChI is InChI=1S/C14H18N2O3S/c1-8(7-11(17)12-5-4-6-19-12)15-14(18)13-9(2)16-10(3)20-13/h4-6,8,11,17H,7H2,1-3H3,(H,15,18). The van der Waals surface area contributed by atoms with Gasteiger partial charge in [0.25, 0.3) is 5.91 Å². The first-order valence-corrected chi connectivity index (χ1v) is 7.25. The minimum atomic E-state index is -0.718. The molecule has 5 nitrogen and oxygen atoms in total. The van der Waals surface area contributed by atoms with E-state index in [1.54, 1.807) is 12.1 Å². The van der Waals surface area contributed by atoms with E-state index in [4.69, 9.17) is 4.42 Å². The van der Waals surface area contributed by atoms with E-state index >= 15 is 0 Å². The number of nitrogens with one attached hydrogen (secondary N) is 1. The Morgan fingerprint density at radius 3 is 2.85 bits per heavy atom. The maximum absolute atomic E-state index is 12.1. The Hall–Kier alpha value is -1.66. The number of aryl methyl sites for hydroxylation is 2. The minimum absolute atomic E-state index is 0.146. The molecule has 0 aromatic carbocycles. The third kappa shape index (κ3) is 3.46. The monoisotopic (exact) mass is 294 g/mol.